The molecule has 3 heteroatoms. The third-order valence-corrected chi connectivity index (χ3v) is 5.40. The van der Waals surface area contributed by atoms with E-state index in [0.29, 0.717) is 0 Å². The minimum atomic E-state index is 0.0321. The molecule has 0 aromatic heterocycles. The van der Waals surface area contributed by atoms with Gasteiger partial charge in [0.15, 0.2) is 0 Å². The number of rotatable bonds is 0. The molecule has 0 amide bonds. The van der Waals surface area contributed by atoms with E-state index in [9.17, 15) is 0 Å². The van der Waals surface area contributed by atoms with Gasteiger partial charge < -0.3 is 9.47 Å². The fourth-order valence-electron chi connectivity index (χ4n) is 4.23. The van der Waals surface area contributed by atoms with Gasteiger partial charge in [0, 0.05) is 5.46 Å². The average Bonchev–Trinajstić information content (AvgIpc) is 2.59. The van der Waals surface area contributed by atoms with Crippen LogP contribution in [0.25, 0.3) is 0 Å². The van der Waals surface area contributed by atoms with Crippen LogP contribution in [0.2, 0.25) is 0 Å². The Balaban J connectivity index is 1.87. The summed E-state index contributed by atoms with van der Waals surface area (Å²) >= 11 is 0. The van der Waals surface area contributed by atoms with E-state index in [2.05, 4.69) is 64.1 Å². The molecule has 2 nitrogen and oxygen atoms in total. The number of ether oxygens (including phenoxy) is 2. The predicted molar refractivity (Wildman–Crippen MR) is 108 cm³/mol. The first-order valence-corrected chi connectivity index (χ1v) is 9.16. The Labute approximate surface area is 154 Å². The van der Waals surface area contributed by atoms with E-state index in [1.54, 1.807) is 0 Å². The van der Waals surface area contributed by atoms with Crippen LogP contribution >= 0.6 is 0 Å². The first-order chi connectivity index (χ1) is 12.4. The van der Waals surface area contributed by atoms with Gasteiger partial charge in [-0.15, -0.1) is 0 Å². The van der Waals surface area contributed by atoms with E-state index in [0.717, 1.165) is 28.5 Å². The van der Waals surface area contributed by atoms with Crippen LogP contribution in [0.4, 0.5) is 0 Å². The molecule has 0 radical (unpaired) electrons. The highest BCUT2D eigenvalue weighted by atomic mass is 16.5. The first kappa shape index (κ1) is 15.6. The van der Waals surface area contributed by atoms with Crippen LogP contribution in [0.5, 0.6) is 23.0 Å². The number of benzene rings is 3. The van der Waals surface area contributed by atoms with Crippen molar-refractivity contribution >= 4 is 23.1 Å². The molecule has 0 saturated heterocycles. The van der Waals surface area contributed by atoms with Crippen LogP contribution in [-0.4, -0.2) is 6.71 Å². The number of hydrogen-bond acceptors (Lipinski definition) is 2. The lowest BCUT2D eigenvalue weighted by atomic mass is 9.33. The Morgan fingerprint density at radius 1 is 0.731 bits per heavy atom. The highest BCUT2D eigenvalue weighted by molar-refractivity contribution is 6.98. The van der Waals surface area contributed by atoms with E-state index in [1.165, 1.54) is 22.1 Å². The minimum absolute atomic E-state index is 0.0321. The van der Waals surface area contributed by atoms with Gasteiger partial charge in [-0.3, -0.25) is 0 Å². The summed E-state index contributed by atoms with van der Waals surface area (Å²) in [6.45, 7) is 9.04. The second kappa shape index (κ2) is 5.17. The van der Waals surface area contributed by atoms with Crippen LogP contribution in [0.1, 0.15) is 31.9 Å². The Hall–Kier alpha value is -2.68. The third kappa shape index (κ3) is 2.13. The molecule has 0 atom stereocenters. The number of aryl methyl sites for hydroxylation is 1. The van der Waals surface area contributed by atoms with Gasteiger partial charge in [0.1, 0.15) is 23.0 Å². The Morgan fingerprint density at radius 3 is 2.04 bits per heavy atom. The van der Waals surface area contributed by atoms with Crippen molar-refractivity contribution in [2.24, 2.45) is 0 Å². The summed E-state index contributed by atoms with van der Waals surface area (Å²) in [5.74, 6) is 3.72. The molecule has 2 aliphatic heterocycles. The SMILES string of the molecule is Cc1ccc2c(c1)Oc1cccc3c1B2c1c(cccc1C(C)(C)C)O3. The van der Waals surface area contributed by atoms with Crippen molar-refractivity contribution in [2.75, 3.05) is 0 Å². The molecule has 2 heterocycles. The molecule has 0 N–H and O–H groups in total. The fourth-order valence-corrected chi connectivity index (χ4v) is 4.23. The van der Waals surface area contributed by atoms with Crippen molar-refractivity contribution in [1.29, 1.82) is 0 Å². The quantitative estimate of drug-likeness (QED) is 0.397. The van der Waals surface area contributed by atoms with Crippen molar-refractivity contribution in [3.63, 3.8) is 0 Å². The molecule has 3 aromatic rings. The summed E-state index contributed by atoms with van der Waals surface area (Å²) < 4.78 is 12.6. The summed E-state index contributed by atoms with van der Waals surface area (Å²) in [6, 6.07) is 19.0. The van der Waals surface area contributed by atoms with E-state index < -0.39 is 0 Å². The fraction of sp³-hybridized carbons (Fsp3) is 0.217. The molecule has 0 fully saturated rings. The van der Waals surface area contributed by atoms with E-state index in [4.69, 9.17) is 9.47 Å². The average molecular weight is 340 g/mol. The van der Waals surface area contributed by atoms with Gasteiger partial charge in [-0.2, -0.15) is 0 Å². The molecule has 0 bridgehead atoms. The predicted octanol–water partition coefficient (Wildman–Crippen LogP) is 4.02. The van der Waals surface area contributed by atoms with Crippen LogP contribution in [0.3, 0.4) is 0 Å². The lowest BCUT2D eigenvalue weighted by Crippen LogP contribution is -2.59. The maximum Gasteiger partial charge on any atom is 0.261 e. The molecule has 0 aliphatic carbocycles. The van der Waals surface area contributed by atoms with Crippen molar-refractivity contribution in [1.82, 2.24) is 0 Å². The second-order valence-corrected chi connectivity index (χ2v) is 8.31. The third-order valence-electron chi connectivity index (χ3n) is 5.40. The lowest BCUT2D eigenvalue weighted by Gasteiger charge is -2.36. The Morgan fingerprint density at radius 2 is 1.35 bits per heavy atom. The van der Waals surface area contributed by atoms with Crippen LogP contribution in [0, 0.1) is 6.92 Å². The molecule has 0 saturated carbocycles. The molecule has 3 aromatic carbocycles. The van der Waals surface area contributed by atoms with Gasteiger partial charge in [-0.05, 0) is 58.7 Å². The van der Waals surface area contributed by atoms with Gasteiger partial charge >= 0.3 is 0 Å². The molecular formula is C23H21BO2. The van der Waals surface area contributed by atoms with Gasteiger partial charge in [-0.25, -0.2) is 0 Å². The highest BCUT2D eigenvalue weighted by Crippen LogP contribution is 2.36. The molecule has 128 valence electrons. The Kier molecular flexibility index (Phi) is 3.09. The molecule has 0 spiro atoms. The smallest absolute Gasteiger partial charge is 0.261 e. The molecule has 0 unspecified atom stereocenters. The number of hydrogen-bond donors (Lipinski definition) is 0. The van der Waals surface area contributed by atoms with Gasteiger partial charge in [0.05, 0.1) is 0 Å². The van der Waals surface area contributed by atoms with Crippen molar-refractivity contribution < 1.29 is 9.47 Å². The number of fused-ring (bicyclic) bond motifs is 4. The van der Waals surface area contributed by atoms with E-state index >= 15 is 0 Å². The zero-order valence-corrected chi connectivity index (χ0v) is 15.6. The molecule has 5 rings (SSSR count). The maximum atomic E-state index is 6.32. The molecule has 2 aliphatic rings. The largest absolute Gasteiger partial charge is 0.458 e. The standard InChI is InChI=1S/C23H21BO2/c1-14-11-12-16-20(13-14)26-19-10-6-9-18-22(19)24(16)21-15(23(2,3)4)7-5-8-17(21)25-18/h5-13H,1-4H3. The summed E-state index contributed by atoms with van der Waals surface area (Å²) in [5, 5.41) is 0. The van der Waals surface area contributed by atoms with Crippen LogP contribution < -0.4 is 25.9 Å². The van der Waals surface area contributed by atoms with Gasteiger partial charge in [0.2, 0.25) is 0 Å². The maximum absolute atomic E-state index is 6.32. The summed E-state index contributed by atoms with van der Waals surface area (Å²) in [7, 11) is 0. The van der Waals surface area contributed by atoms with E-state index in [1.807, 2.05) is 18.2 Å². The summed E-state index contributed by atoms with van der Waals surface area (Å²) in [5.41, 5.74) is 6.21. The normalized spacial score (nSPS) is 13.9. The van der Waals surface area contributed by atoms with Crippen molar-refractivity contribution in [3.05, 3.63) is 65.7 Å². The highest BCUT2D eigenvalue weighted by Gasteiger charge is 2.42. The molecule has 26 heavy (non-hydrogen) atoms. The van der Waals surface area contributed by atoms with Gasteiger partial charge in [-0.1, -0.05) is 51.1 Å². The topological polar surface area (TPSA) is 18.5 Å². The van der Waals surface area contributed by atoms with E-state index in [-0.39, 0.29) is 12.1 Å². The minimum Gasteiger partial charge on any atom is -0.458 e. The zero-order valence-electron chi connectivity index (χ0n) is 15.6. The van der Waals surface area contributed by atoms with Gasteiger partial charge in [0.25, 0.3) is 6.71 Å². The van der Waals surface area contributed by atoms with Crippen molar-refractivity contribution in [3.8, 4) is 23.0 Å². The molecular weight excluding hydrogens is 319 g/mol. The van der Waals surface area contributed by atoms with Crippen molar-refractivity contribution in [2.45, 2.75) is 33.1 Å². The van der Waals surface area contributed by atoms with Crippen LogP contribution in [0.15, 0.2) is 54.6 Å². The second-order valence-electron chi connectivity index (χ2n) is 8.31. The Bertz CT molecular complexity index is 1050. The first-order valence-electron chi connectivity index (χ1n) is 9.16. The summed E-state index contributed by atoms with van der Waals surface area (Å²) in [4.78, 5) is 0. The monoisotopic (exact) mass is 340 g/mol. The summed E-state index contributed by atoms with van der Waals surface area (Å²) in [6.07, 6.45) is 0. The zero-order chi connectivity index (χ0) is 18.1. The lowest BCUT2D eigenvalue weighted by molar-refractivity contribution is 0.462. The van der Waals surface area contributed by atoms with Crippen LogP contribution in [-0.2, 0) is 5.41 Å².